The fourth-order valence-corrected chi connectivity index (χ4v) is 1.25. The molecule has 0 radical (unpaired) electrons. The van der Waals surface area contributed by atoms with Gasteiger partial charge in [0.25, 0.3) is 0 Å². The lowest BCUT2D eigenvalue weighted by Gasteiger charge is -1.98. The van der Waals surface area contributed by atoms with Gasteiger partial charge in [-0.25, -0.2) is 9.67 Å². The smallest absolute Gasteiger partial charge is 0.236 e. The number of rotatable bonds is 3. The first kappa shape index (κ1) is 9.64. The van der Waals surface area contributed by atoms with Crippen LogP contribution in [-0.4, -0.2) is 26.4 Å². The van der Waals surface area contributed by atoms with Gasteiger partial charge in [0.1, 0.15) is 0 Å². The van der Waals surface area contributed by atoms with Crippen molar-refractivity contribution in [3.63, 3.8) is 0 Å². The first-order valence-electron chi connectivity index (χ1n) is 4.76. The van der Waals surface area contributed by atoms with Crippen LogP contribution >= 0.6 is 0 Å². The van der Waals surface area contributed by atoms with Gasteiger partial charge < -0.3 is 4.74 Å². The van der Waals surface area contributed by atoms with Gasteiger partial charge in [-0.1, -0.05) is 0 Å². The number of ether oxygens (including phenoxy) is 1. The molecule has 0 spiro atoms. The molecule has 78 valence electrons. The van der Waals surface area contributed by atoms with Crippen molar-refractivity contribution in [2.75, 3.05) is 6.61 Å². The van der Waals surface area contributed by atoms with Gasteiger partial charge in [-0.15, -0.1) is 5.10 Å². The monoisotopic (exact) mass is 204 g/mol. The molecule has 2 rings (SSSR count). The molecule has 5 nitrogen and oxygen atoms in total. The van der Waals surface area contributed by atoms with E-state index >= 15 is 0 Å². The van der Waals surface area contributed by atoms with Crippen LogP contribution in [0.2, 0.25) is 0 Å². The van der Waals surface area contributed by atoms with Crippen LogP contribution in [-0.2, 0) is 0 Å². The molecule has 15 heavy (non-hydrogen) atoms. The Labute approximate surface area is 87.7 Å². The molecule has 0 saturated heterocycles. The Morgan fingerprint density at radius 2 is 2.27 bits per heavy atom. The number of hydrogen-bond acceptors (Lipinski definition) is 4. The third-order valence-corrected chi connectivity index (χ3v) is 1.92. The molecule has 0 aliphatic carbocycles. The average molecular weight is 204 g/mol. The lowest BCUT2D eigenvalue weighted by molar-refractivity contribution is 0.322. The van der Waals surface area contributed by atoms with E-state index < -0.39 is 0 Å². The summed E-state index contributed by atoms with van der Waals surface area (Å²) in [5.74, 6) is 1.33. The van der Waals surface area contributed by atoms with Crippen LogP contribution in [0.15, 0.2) is 24.8 Å². The van der Waals surface area contributed by atoms with Crippen LogP contribution in [0.5, 0.6) is 5.88 Å². The molecule has 0 amide bonds. The molecule has 0 aromatic carbocycles. The summed E-state index contributed by atoms with van der Waals surface area (Å²) in [4.78, 5) is 8.13. The summed E-state index contributed by atoms with van der Waals surface area (Å²) >= 11 is 0. The summed E-state index contributed by atoms with van der Waals surface area (Å²) in [6, 6.07) is 0. The first-order valence-corrected chi connectivity index (χ1v) is 4.76. The molecule has 0 unspecified atom stereocenters. The molecule has 5 heteroatoms. The maximum atomic E-state index is 5.36. The predicted octanol–water partition coefficient (Wildman–Crippen LogP) is 1.37. The fraction of sp³-hybridized carbons (Fsp3) is 0.300. The van der Waals surface area contributed by atoms with Crippen LogP contribution in [0, 0.1) is 6.92 Å². The zero-order valence-electron chi connectivity index (χ0n) is 8.71. The van der Waals surface area contributed by atoms with E-state index in [4.69, 9.17) is 4.74 Å². The average Bonchev–Trinajstić information content (AvgIpc) is 2.63. The maximum Gasteiger partial charge on any atom is 0.236 e. The Hall–Kier alpha value is -1.91. The van der Waals surface area contributed by atoms with Gasteiger partial charge in [-0.2, -0.15) is 0 Å². The van der Waals surface area contributed by atoms with E-state index in [1.807, 2.05) is 20.0 Å². The van der Waals surface area contributed by atoms with Gasteiger partial charge in [0.2, 0.25) is 5.88 Å². The highest BCUT2D eigenvalue weighted by atomic mass is 16.5. The van der Waals surface area contributed by atoms with E-state index in [1.54, 1.807) is 23.3 Å². The van der Waals surface area contributed by atoms with E-state index in [9.17, 15) is 0 Å². The van der Waals surface area contributed by atoms with Crippen LogP contribution < -0.4 is 4.74 Å². The zero-order valence-corrected chi connectivity index (χ0v) is 8.71. The molecule has 0 N–H and O–H groups in total. The number of aryl methyl sites for hydroxylation is 1. The summed E-state index contributed by atoms with van der Waals surface area (Å²) in [5.41, 5.74) is 0.988. The summed E-state index contributed by atoms with van der Waals surface area (Å²) in [5, 5.41) is 4.26. The van der Waals surface area contributed by atoms with Crippen LogP contribution in [0.3, 0.4) is 0 Å². The van der Waals surface area contributed by atoms with Gasteiger partial charge >= 0.3 is 0 Å². The van der Waals surface area contributed by atoms with Gasteiger partial charge in [0.05, 0.1) is 12.8 Å². The molecule has 0 saturated carbocycles. The van der Waals surface area contributed by atoms with Crippen molar-refractivity contribution in [3.8, 4) is 11.7 Å². The number of nitrogens with zero attached hydrogens (tertiary/aromatic N) is 4. The van der Waals surface area contributed by atoms with Crippen LogP contribution in [0.1, 0.15) is 12.5 Å². The van der Waals surface area contributed by atoms with E-state index in [2.05, 4.69) is 15.1 Å². The minimum absolute atomic E-state index is 0.609. The van der Waals surface area contributed by atoms with Crippen LogP contribution in [0.25, 0.3) is 5.82 Å². The zero-order chi connectivity index (χ0) is 10.7. The minimum atomic E-state index is 0.609. The van der Waals surface area contributed by atoms with Gasteiger partial charge in [-0.3, -0.25) is 4.98 Å². The van der Waals surface area contributed by atoms with E-state index in [0.29, 0.717) is 18.3 Å². The molecule has 0 atom stereocenters. The fourth-order valence-electron chi connectivity index (χ4n) is 1.25. The van der Waals surface area contributed by atoms with E-state index in [1.165, 1.54) is 0 Å². The molecule has 0 bridgehead atoms. The summed E-state index contributed by atoms with van der Waals surface area (Å²) in [7, 11) is 0. The second-order valence-electron chi connectivity index (χ2n) is 3.06. The Morgan fingerprint density at radius 1 is 1.40 bits per heavy atom. The van der Waals surface area contributed by atoms with Crippen LogP contribution in [0.4, 0.5) is 0 Å². The van der Waals surface area contributed by atoms with Crippen molar-refractivity contribution in [2.45, 2.75) is 13.8 Å². The first-order chi connectivity index (χ1) is 7.31. The minimum Gasteiger partial charge on any atom is -0.477 e. The van der Waals surface area contributed by atoms with Crippen molar-refractivity contribution in [2.24, 2.45) is 0 Å². The summed E-state index contributed by atoms with van der Waals surface area (Å²) in [6.07, 6.45) is 6.78. The number of hydrogen-bond donors (Lipinski definition) is 0. The Kier molecular flexibility index (Phi) is 2.62. The molecule has 2 aromatic rings. The van der Waals surface area contributed by atoms with Gasteiger partial charge in [-0.05, 0) is 13.8 Å². The van der Waals surface area contributed by atoms with E-state index in [0.717, 1.165) is 5.56 Å². The largest absolute Gasteiger partial charge is 0.477 e. The Morgan fingerprint density at radius 3 is 2.93 bits per heavy atom. The lowest BCUT2D eigenvalue weighted by atomic mass is 10.4. The standard InChI is InChI=1S/C10H12N4O/c1-3-15-10-8(2)7-14(13-10)9-6-11-4-5-12-9/h4-7H,3H2,1-2H3. The Balaban J connectivity index is 2.34. The molecule has 2 aromatic heterocycles. The maximum absolute atomic E-state index is 5.36. The third kappa shape index (κ3) is 1.96. The molecule has 0 aliphatic rings. The van der Waals surface area contributed by atoms with Gasteiger partial charge in [0.15, 0.2) is 5.82 Å². The molecular weight excluding hydrogens is 192 g/mol. The third-order valence-electron chi connectivity index (χ3n) is 1.92. The second kappa shape index (κ2) is 4.08. The van der Waals surface area contributed by atoms with Crippen molar-refractivity contribution in [3.05, 3.63) is 30.4 Å². The van der Waals surface area contributed by atoms with Crippen molar-refractivity contribution < 1.29 is 4.74 Å². The summed E-state index contributed by atoms with van der Waals surface area (Å²) < 4.78 is 7.02. The summed E-state index contributed by atoms with van der Waals surface area (Å²) in [6.45, 7) is 4.49. The highest BCUT2D eigenvalue weighted by Crippen LogP contribution is 2.16. The quantitative estimate of drug-likeness (QED) is 0.757. The van der Waals surface area contributed by atoms with Crippen molar-refractivity contribution in [1.82, 2.24) is 19.7 Å². The van der Waals surface area contributed by atoms with E-state index in [-0.39, 0.29) is 0 Å². The lowest BCUT2D eigenvalue weighted by Crippen LogP contribution is -1.99. The highest BCUT2D eigenvalue weighted by Gasteiger charge is 2.07. The van der Waals surface area contributed by atoms with Crippen molar-refractivity contribution in [1.29, 1.82) is 0 Å². The molecule has 2 heterocycles. The topological polar surface area (TPSA) is 52.8 Å². The normalized spacial score (nSPS) is 10.3. The van der Waals surface area contributed by atoms with Gasteiger partial charge in [0, 0.05) is 24.2 Å². The second-order valence-corrected chi connectivity index (χ2v) is 3.06. The Bertz CT molecular complexity index is 438. The highest BCUT2D eigenvalue weighted by molar-refractivity contribution is 5.26. The molecule has 0 aliphatic heterocycles. The molecular formula is C10H12N4O. The number of aromatic nitrogens is 4. The SMILES string of the molecule is CCOc1nn(-c2cnccn2)cc1C. The molecule has 0 fully saturated rings. The van der Waals surface area contributed by atoms with Crippen molar-refractivity contribution >= 4 is 0 Å². The predicted molar refractivity (Wildman–Crippen MR) is 55.1 cm³/mol.